The number of hydrogen-bond donors (Lipinski definition) is 0. The lowest BCUT2D eigenvalue weighted by atomic mass is 9.97. The summed E-state index contributed by atoms with van der Waals surface area (Å²) in [5.74, 6) is 0. The van der Waals surface area contributed by atoms with Crippen molar-refractivity contribution in [1.29, 1.82) is 0 Å². The molecule has 2 aromatic rings. The number of hydrogen-bond acceptors (Lipinski definition) is 1. The van der Waals surface area contributed by atoms with E-state index in [1.54, 1.807) is 0 Å². The SMILES string of the molecule is CCOC1C=CC=Cc2cc3ccccc3cc21. The van der Waals surface area contributed by atoms with Crippen LogP contribution in [-0.2, 0) is 4.74 Å². The Kier molecular flexibility index (Phi) is 2.99. The lowest BCUT2D eigenvalue weighted by Crippen LogP contribution is -2.02. The summed E-state index contributed by atoms with van der Waals surface area (Å²) < 4.78 is 5.81. The van der Waals surface area contributed by atoms with Gasteiger partial charge < -0.3 is 4.74 Å². The summed E-state index contributed by atoms with van der Waals surface area (Å²) in [6, 6.07) is 12.9. The molecule has 0 amide bonds. The molecule has 1 atom stereocenters. The summed E-state index contributed by atoms with van der Waals surface area (Å²) in [6.45, 7) is 2.76. The van der Waals surface area contributed by atoms with Gasteiger partial charge in [-0.1, -0.05) is 48.6 Å². The van der Waals surface area contributed by atoms with Crippen LogP contribution in [0.2, 0.25) is 0 Å². The molecule has 0 bridgehead atoms. The molecule has 90 valence electrons. The van der Waals surface area contributed by atoms with Crippen molar-refractivity contribution in [3.63, 3.8) is 0 Å². The molecule has 0 aliphatic heterocycles. The molecule has 0 heterocycles. The van der Waals surface area contributed by atoms with Crippen LogP contribution >= 0.6 is 0 Å². The lowest BCUT2D eigenvalue weighted by Gasteiger charge is -2.16. The zero-order chi connectivity index (χ0) is 12.4. The molecule has 0 fully saturated rings. The van der Waals surface area contributed by atoms with E-state index in [1.807, 2.05) is 6.92 Å². The average molecular weight is 236 g/mol. The smallest absolute Gasteiger partial charge is 0.102 e. The van der Waals surface area contributed by atoms with Crippen molar-refractivity contribution in [3.05, 3.63) is 65.8 Å². The Morgan fingerprint density at radius 2 is 1.83 bits per heavy atom. The number of fused-ring (bicyclic) bond motifs is 2. The minimum atomic E-state index is 0.0598. The first kappa shape index (κ1) is 11.2. The van der Waals surface area contributed by atoms with Gasteiger partial charge in [0.15, 0.2) is 0 Å². The molecule has 0 saturated carbocycles. The molecular formula is C17H16O. The van der Waals surface area contributed by atoms with Crippen LogP contribution in [0.1, 0.15) is 24.2 Å². The largest absolute Gasteiger partial charge is 0.370 e. The third kappa shape index (κ3) is 1.98. The van der Waals surface area contributed by atoms with Crippen molar-refractivity contribution in [2.24, 2.45) is 0 Å². The summed E-state index contributed by atoms with van der Waals surface area (Å²) in [5.41, 5.74) is 2.50. The second-order valence-corrected chi connectivity index (χ2v) is 4.45. The predicted molar refractivity (Wildman–Crippen MR) is 76.5 cm³/mol. The summed E-state index contributed by atoms with van der Waals surface area (Å²) in [5, 5.41) is 2.54. The normalized spacial score (nSPS) is 17.7. The van der Waals surface area contributed by atoms with Gasteiger partial charge in [0.25, 0.3) is 0 Å². The molecule has 1 unspecified atom stereocenters. The Bertz CT molecular complexity index is 623. The quantitative estimate of drug-likeness (QED) is 0.746. The highest BCUT2D eigenvalue weighted by molar-refractivity contribution is 5.86. The minimum Gasteiger partial charge on any atom is -0.370 e. The maximum Gasteiger partial charge on any atom is 0.102 e. The van der Waals surface area contributed by atoms with E-state index in [2.05, 4.69) is 60.7 Å². The van der Waals surface area contributed by atoms with E-state index in [9.17, 15) is 0 Å². The van der Waals surface area contributed by atoms with Gasteiger partial charge in [-0.15, -0.1) is 0 Å². The van der Waals surface area contributed by atoms with E-state index < -0.39 is 0 Å². The molecule has 1 nitrogen and oxygen atoms in total. The maximum atomic E-state index is 5.81. The van der Waals surface area contributed by atoms with Crippen LogP contribution in [-0.4, -0.2) is 6.61 Å². The van der Waals surface area contributed by atoms with Gasteiger partial charge in [0.1, 0.15) is 6.10 Å². The standard InChI is InChI=1S/C17H16O/c1-2-18-17-10-6-5-9-15-11-13-7-3-4-8-14(13)12-16(15)17/h3-12,17H,2H2,1H3. The Morgan fingerprint density at radius 1 is 1.06 bits per heavy atom. The summed E-state index contributed by atoms with van der Waals surface area (Å²) in [6.07, 6.45) is 8.46. The van der Waals surface area contributed by atoms with Gasteiger partial charge in [0.2, 0.25) is 0 Å². The zero-order valence-corrected chi connectivity index (χ0v) is 10.5. The fourth-order valence-electron chi connectivity index (χ4n) is 2.42. The molecule has 2 aromatic carbocycles. The van der Waals surface area contributed by atoms with Crippen LogP contribution < -0.4 is 0 Å². The first-order chi connectivity index (χ1) is 8.88. The van der Waals surface area contributed by atoms with Gasteiger partial charge in [0, 0.05) is 6.61 Å². The van der Waals surface area contributed by atoms with Gasteiger partial charge in [-0.05, 0) is 41.0 Å². The zero-order valence-electron chi connectivity index (χ0n) is 10.5. The van der Waals surface area contributed by atoms with Crippen molar-refractivity contribution in [1.82, 2.24) is 0 Å². The van der Waals surface area contributed by atoms with Crippen molar-refractivity contribution >= 4 is 16.8 Å². The Hall–Kier alpha value is -1.86. The molecule has 1 aliphatic carbocycles. The second kappa shape index (κ2) is 4.79. The number of ether oxygens (including phenoxy) is 1. The monoisotopic (exact) mass is 236 g/mol. The fraction of sp³-hybridized carbons (Fsp3) is 0.176. The van der Waals surface area contributed by atoms with Crippen LogP contribution in [0.3, 0.4) is 0 Å². The summed E-state index contributed by atoms with van der Waals surface area (Å²) >= 11 is 0. The molecule has 0 radical (unpaired) electrons. The molecule has 0 spiro atoms. The first-order valence-corrected chi connectivity index (χ1v) is 6.37. The third-order valence-corrected chi connectivity index (χ3v) is 3.28. The number of allylic oxidation sites excluding steroid dienone is 2. The molecule has 1 heteroatoms. The topological polar surface area (TPSA) is 9.23 Å². The Morgan fingerprint density at radius 3 is 2.61 bits per heavy atom. The van der Waals surface area contributed by atoms with Crippen molar-refractivity contribution in [3.8, 4) is 0 Å². The molecule has 0 N–H and O–H groups in total. The highest BCUT2D eigenvalue weighted by Crippen LogP contribution is 2.30. The van der Waals surface area contributed by atoms with E-state index in [-0.39, 0.29) is 6.10 Å². The predicted octanol–water partition coefficient (Wildman–Crippen LogP) is 4.50. The molecule has 0 saturated heterocycles. The van der Waals surface area contributed by atoms with Gasteiger partial charge in [-0.3, -0.25) is 0 Å². The summed E-state index contributed by atoms with van der Waals surface area (Å²) in [4.78, 5) is 0. The Balaban J connectivity index is 2.19. The van der Waals surface area contributed by atoms with E-state index in [0.29, 0.717) is 0 Å². The van der Waals surface area contributed by atoms with E-state index in [1.165, 1.54) is 21.9 Å². The fourth-order valence-corrected chi connectivity index (χ4v) is 2.42. The molecule has 18 heavy (non-hydrogen) atoms. The second-order valence-electron chi connectivity index (χ2n) is 4.45. The van der Waals surface area contributed by atoms with Crippen molar-refractivity contribution in [2.45, 2.75) is 13.0 Å². The van der Waals surface area contributed by atoms with Crippen LogP contribution in [0.4, 0.5) is 0 Å². The van der Waals surface area contributed by atoms with Gasteiger partial charge in [0.05, 0.1) is 0 Å². The van der Waals surface area contributed by atoms with Crippen LogP contribution in [0.5, 0.6) is 0 Å². The van der Waals surface area contributed by atoms with E-state index in [4.69, 9.17) is 4.74 Å². The van der Waals surface area contributed by atoms with E-state index >= 15 is 0 Å². The van der Waals surface area contributed by atoms with Crippen molar-refractivity contribution < 1.29 is 4.74 Å². The van der Waals surface area contributed by atoms with E-state index in [0.717, 1.165) is 6.61 Å². The summed E-state index contributed by atoms with van der Waals surface area (Å²) in [7, 11) is 0. The van der Waals surface area contributed by atoms with Gasteiger partial charge >= 0.3 is 0 Å². The van der Waals surface area contributed by atoms with Crippen LogP contribution in [0.25, 0.3) is 16.8 Å². The average Bonchev–Trinajstić information content (AvgIpc) is 2.59. The van der Waals surface area contributed by atoms with Gasteiger partial charge in [-0.2, -0.15) is 0 Å². The number of benzene rings is 2. The van der Waals surface area contributed by atoms with Gasteiger partial charge in [-0.25, -0.2) is 0 Å². The lowest BCUT2D eigenvalue weighted by molar-refractivity contribution is 0.0969. The third-order valence-electron chi connectivity index (χ3n) is 3.28. The van der Waals surface area contributed by atoms with Crippen molar-refractivity contribution in [2.75, 3.05) is 6.61 Å². The molecule has 0 aromatic heterocycles. The van der Waals surface area contributed by atoms with Crippen LogP contribution in [0.15, 0.2) is 54.6 Å². The highest BCUT2D eigenvalue weighted by atomic mass is 16.5. The highest BCUT2D eigenvalue weighted by Gasteiger charge is 2.13. The van der Waals surface area contributed by atoms with Crippen LogP contribution in [0, 0.1) is 0 Å². The Labute approximate surface area is 107 Å². The minimum absolute atomic E-state index is 0.0598. The number of rotatable bonds is 2. The first-order valence-electron chi connectivity index (χ1n) is 6.37. The molecule has 3 rings (SSSR count). The molecule has 1 aliphatic rings. The molecular weight excluding hydrogens is 220 g/mol. The maximum absolute atomic E-state index is 5.81.